The van der Waals surface area contributed by atoms with Gasteiger partial charge in [0.05, 0.1) is 5.92 Å². The number of hydrogen-bond acceptors (Lipinski definition) is 4. The number of hydrogen-bond donors (Lipinski definition) is 4. The van der Waals surface area contributed by atoms with Gasteiger partial charge in [0.1, 0.15) is 0 Å². The lowest BCUT2D eigenvalue weighted by atomic mass is 10.2. The summed E-state index contributed by atoms with van der Waals surface area (Å²) in [6, 6.07) is 0. The molecule has 0 aliphatic carbocycles. The van der Waals surface area contributed by atoms with Crippen LogP contribution >= 0.6 is 12.6 Å². The number of nitrogens with one attached hydrogen (secondary N) is 1. The predicted octanol–water partition coefficient (Wildman–Crippen LogP) is -0.877. The van der Waals surface area contributed by atoms with E-state index in [0.717, 1.165) is 0 Å². The number of thiol groups is 1. The summed E-state index contributed by atoms with van der Waals surface area (Å²) in [6.45, 7) is 0.687. The van der Waals surface area contributed by atoms with Gasteiger partial charge in [-0.1, -0.05) is 0 Å². The summed E-state index contributed by atoms with van der Waals surface area (Å²) >= 11 is 3.87. The van der Waals surface area contributed by atoms with Crippen LogP contribution in [0.2, 0.25) is 0 Å². The Balaban J connectivity index is 3.50. The summed E-state index contributed by atoms with van der Waals surface area (Å²) in [7, 11) is 0. The van der Waals surface area contributed by atoms with Crippen LogP contribution in [0.25, 0.3) is 0 Å². The number of carboxylic acids is 1. The minimum absolute atomic E-state index is 0.303. The average Bonchev–Trinajstić information content (AvgIpc) is 1.89. The average molecular weight is 164 g/mol. The molecule has 0 fully saturated rings. The monoisotopic (exact) mass is 164 g/mol. The van der Waals surface area contributed by atoms with Gasteiger partial charge >= 0.3 is 5.97 Å². The van der Waals surface area contributed by atoms with E-state index in [9.17, 15) is 4.79 Å². The third-order valence-electron chi connectivity index (χ3n) is 1.10. The summed E-state index contributed by atoms with van der Waals surface area (Å²) in [5, 5.41) is 11.2. The summed E-state index contributed by atoms with van der Waals surface area (Å²) in [6.07, 6.45) is 0. The van der Waals surface area contributed by atoms with Crippen molar-refractivity contribution >= 4 is 18.6 Å². The van der Waals surface area contributed by atoms with Crippen LogP contribution in [-0.4, -0.2) is 30.0 Å². The fourth-order valence-corrected chi connectivity index (χ4v) is 0.773. The maximum atomic E-state index is 10.3. The van der Waals surface area contributed by atoms with Crippen molar-refractivity contribution in [2.45, 2.75) is 0 Å². The molecule has 0 aromatic carbocycles. The van der Waals surface area contributed by atoms with Crippen LogP contribution in [-0.2, 0) is 4.79 Å². The van der Waals surface area contributed by atoms with Crippen molar-refractivity contribution in [3.8, 4) is 0 Å². The van der Waals surface area contributed by atoms with E-state index in [1.54, 1.807) is 0 Å². The molecule has 1 atom stereocenters. The molecule has 0 amide bonds. The van der Waals surface area contributed by atoms with Crippen molar-refractivity contribution in [1.82, 2.24) is 5.32 Å². The molecular weight excluding hydrogens is 152 g/mol. The molecule has 0 spiro atoms. The maximum absolute atomic E-state index is 10.3. The van der Waals surface area contributed by atoms with Gasteiger partial charge in [-0.25, -0.2) is 0 Å². The van der Waals surface area contributed by atoms with Crippen LogP contribution in [0.3, 0.4) is 0 Å². The Morgan fingerprint density at radius 3 is 2.70 bits per heavy atom. The van der Waals surface area contributed by atoms with Crippen LogP contribution in [0.1, 0.15) is 0 Å². The summed E-state index contributed by atoms with van der Waals surface area (Å²) in [5.74, 6) is -0.940. The zero-order valence-corrected chi connectivity index (χ0v) is 6.47. The topological polar surface area (TPSA) is 75.3 Å². The van der Waals surface area contributed by atoms with E-state index in [0.29, 0.717) is 19.0 Å². The standard InChI is InChI=1S/C5H12N2O2S/c6-3-7-1-4(2-10)5(8)9/h4,7,10H,1-3,6H2,(H,8,9). The third kappa shape index (κ3) is 3.71. The van der Waals surface area contributed by atoms with E-state index in [-0.39, 0.29) is 0 Å². The van der Waals surface area contributed by atoms with Crippen LogP contribution in [0.5, 0.6) is 0 Å². The molecule has 0 radical (unpaired) electrons. The minimum atomic E-state index is -0.837. The highest BCUT2D eigenvalue weighted by atomic mass is 32.1. The van der Waals surface area contributed by atoms with E-state index >= 15 is 0 Å². The van der Waals surface area contributed by atoms with Gasteiger partial charge in [-0.3, -0.25) is 4.79 Å². The minimum Gasteiger partial charge on any atom is -0.481 e. The van der Waals surface area contributed by atoms with Crippen molar-refractivity contribution < 1.29 is 9.90 Å². The van der Waals surface area contributed by atoms with Gasteiger partial charge in [0.2, 0.25) is 0 Å². The van der Waals surface area contributed by atoms with E-state index in [2.05, 4.69) is 17.9 Å². The maximum Gasteiger partial charge on any atom is 0.308 e. The highest BCUT2D eigenvalue weighted by molar-refractivity contribution is 7.80. The van der Waals surface area contributed by atoms with E-state index in [1.165, 1.54) is 0 Å². The van der Waals surface area contributed by atoms with Gasteiger partial charge in [-0.2, -0.15) is 12.6 Å². The Morgan fingerprint density at radius 2 is 2.40 bits per heavy atom. The van der Waals surface area contributed by atoms with Gasteiger partial charge in [-0.15, -0.1) is 0 Å². The number of rotatable bonds is 5. The molecule has 0 saturated carbocycles. The molecule has 0 saturated heterocycles. The zero-order chi connectivity index (χ0) is 7.98. The predicted molar refractivity (Wildman–Crippen MR) is 42.0 cm³/mol. The molecule has 10 heavy (non-hydrogen) atoms. The Bertz CT molecular complexity index is 110. The first-order valence-electron chi connectivity index (χ1n) is 2.96. The first kappa shape index (κ1) is 9.74. The van der Waals surface area contributed by atoms with E-state index in [4.69, 9.17) is 10.8 Å². The van der Waals surface area contributed by atoms with Crippen LogP contribution < -0.4 is 11.1 Å². The number of carbonyl (C=O) groups is 1. The second kappa shape index (κ2) is 5.52. The molecule has 0 rings (SSSR count). The number of aliphatic carboxylic acids is 1. The lowest BCUT2D eigenvalue weighted by molar-refractivity contribution is -0.140. The molecule has 0 aliphatic rings. The molecule has 5 heteroatoms. The van der Waals surface area contributed by atoms with Gasteiger partial charge in [0.25, 0.3) is 0 Å². The van der Waals surface area contributed by atoms with Crippen LogP contribution in [0.4, 0.5) is 0 Å². The molecule has 1 unspecified atom stereocenters. The molecule has 4 nitrogen and oxygen atoms in total. The molecule has 0 aromatic heterocycles. The lowest BCUT2D eigenvalue weighted by Gasteiger charge is -2.07. The van der Waals surface area contributed by atoms with Crippen molar-refractivity contribution in [2.75, 3.05) is 19.0 Å². The largest absolute Gasteiger partial charge is 0.481 e. The summed E-state index contributed by atoms with van der Waals surface area (Å²) in [5.41, 5.74) is 5.10. The number of nitrogens with two attached hydrogens (primary N) is 1. The second-order valence-corrected chi connectivity index (χ2v) is 2.24. The van der Waals surface area contributed by atoms with E-state index in [1.807, 2.05) is 0 Å². The molecular formula is C5H12N2O2S. The third-order valence-corrected chi connectivity index (χ3v) is 1.55. The van der Waals surface area contributed by atoms with E-state index < -0.39 is 11.9 Å². The van der Waals surface area contributed by atoms with Gasteiger partial charge < -0.3 is 16.2 Å². The summed E-state index contributed by atoms with van der Waals surface area (Å²) < 4.78 is 0. The van der Waals surface area contributed by atoms with Gasteiger partial charge in [0.15, 0.2) is 0 Å². The first-order chi connectivity index (χ1) is 4.72. The molecule has 0 bridgehead atoms. The van der Waals surface area contributed by atoms with Crippen molar-refractivity contribution in [3.63, 3.8) is 0 Å². The highest BCUT2D eigenvalue weighted by Crippen LogP contribution is 1.96. The second-order valence-electron chi connectivity index (χ2n) is 1.88. The Morgan fingerprint density at radius 1 is 1.80 bits per heavy atom. The van der Waals surface area contributed by atoms with Crippen molar-refractivity contribution in [1.29, 1.82) is 0 Å². The lowest BCUT2D eigenvalue weighted by Crippen LogP contribution is -2.33. The first-order valence-corrected chi connectivity index (χ1v) is 3.60. The number of carboxylic acid groups (broad SMARTS) is 1. The van der Waals surface area contributed by atoms with Crippen molar-refractivity contribution in [2.24, 2.45) is 11.7 Å². The molecule has 0 aromatic rings. The smallest absolute Gasteiger partial charge is 0.308 e. The molecule has 0 aliphatic heterocycles. The molecule has 60 valence electrons. The molecule has 4 N–H and O–H groups in total. The Kier molecular flexibility index (Phi) is 5.38. The van der Waals surface area contributed by atoms with Crippen LogP contribution in [0, 0.1) is 5.92 Å². The van der Waals surface area contributed by atoms with Gasteiger partial charge in [-0.05, 0) is 0 Å². The summed E-state index contributed by atoms with van der Waals surface area (Å²) in [4.78, 5) is 10.3. The fourth-order valence-electron chi connectivity index (χ4n) is 0.488. The zero-order valence-electron chi connectivity index (χ0n) is 5.58. The Labute approximate surface area is 65.2 Å². The highest BCUT2D eigenvalue weighted by Gasteiger charge is 2.13. The molecule has 0 heterocycles. The fraction of sp³-hybridized carbons (Fsp3) is 0.800. The van der Waals surface area contributed by atoms with Crippen molar-refractivity contribution in [3.05, 3.63) is 0 Å². The van der Waals surface area contributed by atoms with Gasteiger partial charge in [0, 0.05) is 19.0 Å². The normalized spacial score (nSPS) is 13.0. The Hall–Kier alpha value is -0.260. The SMILES string of the molecule is NCNCC(CS)C(=O)O. The quantitative estimate of drug-likeness (QED) is 0.314. The van der Waals surface area contributed by atoms with Crippen LogP contribution in [0.15, 0.2) is 0 Å².